The lowest BCUT2D eigenvalue weighted by Gasteiger charge is -2.21. The van der Waals surface area contributed by atoms with Gasteiger partial charge >= 0.3 is 0 Å². The molecule has 0 saturated heterocycles. The molecule has 0 aliphatic heterocycles. The van der Waals surface area contributed by atoms with Crippen LogP contribution in [0.2, 0.25) is 0 Å². The van der Waals surface area contributed by atoms with Gasteiger partial charge in [-0.3, -0.25) is 9.69 Å². The maximum absolute atomic E-state index is 13.2. The van der Waals surface area contributed by atoms with Crippen molar-refractivity contribution < 1.29 is 17.6 Å². The summed E-state index contributed by atoms with van der Waals surface area (Å²) in [5.41, 5.74) is 2.97. The Hall–Kier alpha value is -2.07. The fourth-order valence-electron chi connectivity index (χ4n) is 3.17. The molecule has 0 atom stereocenters. The van der Waals surface area contributed by atoms with Crippen LogP contribution >= 0.6 is 23.7 Å². The molecule has 0 aliphatic rings. The molecule has 0 bridgehead atoms. The van der Waals surface area contributed by atoms with Crippen molar-refractivity contribution in [2.24, 2.45) is 0 Å². The van der Waals surface area contributed by atoms with E-state index in [9.17, 15) is 17.6 Å². The predicted octanol–water partition coefficient (Wildman–Crippen LogP) is 4.23. The molecule has 0 N–H and O–H groups in total. The number of nitrogens with zero attached hydrogens (tertiary/aromatic N) is 3. The summed E-state index contributed by atoms with van der Waals surface area (Å²) in [6, 6.07) is 8.49. The molecule has 3 aromatic rings. The van der Waals surface area contributed by atoms with Crippen molar-refractivity contribution in [1.29, 1.82) is 0 Å². The summed E-state index contributed by atoms with van der Waals surface area (Å²) >= 11 is 1.38. The van der Waals surface area contributed by atoms with E-state index in [1.807, 2.05) is 45.0 Å². The molecule has 0 fully saturated rings. The number of carbonyl (C=O) groups is 1. The van der Waals surface area contributed by atoms with E-state index in [0.29, 0.717) is 18.1 Å². The molecule has 0 saturated carbocycles. The Labute approximate surface area is 198 Å². The van der Waals surface area contributed by atoms with Crippen LogP contribution in [-0.2, 0) is 14.6 Å². The molecule has 0 aliphatic carbocycles. The highest BCUT2D eigenvalue weighted by Crippen LogP contribution is 2.32. The molecule has 174 valence electrons. The van der Waals surface area contributed by atoms with Crippen LogP contribution in [0.1, 0.15) is 17.5 Å². The van der Waals surface area contributed by atoms with Crippen LogP contribution in [0.4, 0.5) is 9.52 Å². The Morgan fingerprint density at radius 3 is 2.34 bits per heavy atom. The highest BCUT2D eigenvalue weighted by molar-refractivity contribution is 7.92. The van der Waals surface area contributed by atoms with Crippen molar-refractivity contribution in [2.75, 3.05) is 37.8 Å². The summed E-state index contributed by atoms with van der Waals surface area (Å²) in [5.74, 6) is -1.78. The zero-order valence-electron chi connectivity index (χ0n) is 18.5. The minimum absolute atomic E-state index is 0. The topological polar surface area (TPSA) is 70.6 Å². The van der Waals surface area contributed by atoms with E-state index in [-0.39, 0.29) is 17.3 Å². The summed E-state index contributed by atoms with van der Waals surface area (Å²) in [5, 5.41) is 0.488. The van der Waals surface area contributed by atoms with Crippen molar-refractivity contribution in [3.63, 3.8) is 0 Å². The van der Waals surface area contributed by atoms with Gasteiger partial charge in [0.1, 0.15) is 11.6 Å². The zero-order valence-corrected chi connectivity index (χ0v) is 20.9. The standard InChI is InChI=1S/C22H26FN3O3S2.ClH/c1-15-6-11-19-21(16(15)2)24-22(30-19)26(13-5-12-25(3)4)20(27)14-31(28,29)18-9-7-17(23)8-10-18;/h6-11H,5,12-14H2,1-4H3;1H. The number of thiazole rings is 1. The molecule has 32 heavy (non-hydrogen) atoms. The number of rotatable bonds is 8. The van der Waals surface area contributed by atoms with Crippen molar-refractivity contribution in [3.05, 3.63) is 53.3 Å². The van der Waals surface area contributed by atoms with Gasteiger partial charge in [0.05, 0.1) is 15.1 Å². The first kappa shape index (κ1) is 26.2. The van der Waals surface area contributed by atoms with E-state index >= 15 is 0 Å². The Kier molecular flexibility index (Phi) is 8.75. The predicted molar refractivity (Wildman–Crippen MR) is 130 cm³/mol. The van der Waals surface area contributed by atoms with Crippen LogP contribution < -0.4 is 4.90 Å². The minimum Gasteiger partial charge on any atom is -0.309 e. The molecule has 0 unspecified atom stereocenters. The summed E-state index contributed by atoms with van der Waals surface area (Å²) in [6.07, 6.45) is 0.670. The fraction of sp³-hybridized carbons (Fsp3) is 0.364. The quantitative estimate of drug-likeness (QED) is 0.434. The molecule has 3 rings (SSSR count). The molecule has 1 amide bonds. The van der Waals surface area contributed by atoms with E-state index in [4.69, 9.17) is 0 Å². The van der Waals surface area contributed by atoms with E-state index in [1.54, 1.807) is 0 Å². The van der Waals surface area contributed by atoms with E-state index in [0.717, 1.165) is 40.0 Å². The highest BCUT2D eigenvalue weighted by Gasteiger charge is 2.26. The molecular weight excluding hydrogens is 473 g/mol. The first-order valence-corrected chi connectivity index (χ1v) is 12.4. The van der Waals surface area contributed by atoms with E-state index < -0.39 is 27.3 Å². The number of halogens is 2. The molecule has 0 spiro atoms. The Morgan fingerprint density at radius 2 is 1.72 bits per heavy atom. The van der Waals surface area contributed by atoms with Gasteiger partial charge in [0.15, 0.2) is 15.0 Å². The number of aryl methyl sites for hydroxylation is 2. The van der Waals surface area contributed by atoms with Gasteiger partial charge in [-0.2, -0.15) is 0 Å². The van der Waals surface area contributed by atoms with Gasteiger partial charge in [-0.05, 0) is 82.4 Å². The van der Waals surface area contributed by atoms with Crippen LogP contribution in [0, 0.1) is 19.7 Å². The van der Waals surface area contributed by atoms with Crippen LogP contribution in [-0.4, -0.2) is 57.1 Å². The maximum atomic E-state index is 13.2. The molecule has 0 radical (unpaired) electrons. The molecular formula is C22H27ClFN3O3S2. The lowest BCUT2D eigenvalue weighted by atomic mass is 10.1. The number of hydrogen-bond donors (Lipinski definition) is 0. The van der Waals surface area contributed by atoms with E-state index in [1.165, 1.54) is 28.4 Å². The molecule has 1 aromatic heterocycles. The number of benzene rings is 2. The van der Waals surface area contributed by atoms with Crippen molar-refractivity contribution >= 4 is 54.8 Å². The molecule has 6 nitrogen and oxygen atoms in total. The number of fused-ring (bicyclic) bond motifs is 1. The third-order valence-corrected chi connectivity index (χ3v) is 7.74. The summed E-state index contributed by atoms with van der Waals surface area (Å²) in [6.45, 7) is 5.09. The van der Waals surface area contributed by atoms with Gasteiger partial charge < -0.3 is 4.90 Å². The average Bonchev–Trinajstić information content (AvgIpc) is 3.12. The third kappa shape index (κ3) is 6.04. The summed E-state index contributed by atoms with van der Waals surface area (Å²) in [4.78, 5) is 21.2. The van der Waals surface area contributed by atoms with Gasteiger partial charge in [0.25, 0.3) is 0 Å². The number of amides is 1. The Morgan fingerprint density at radius 1 is 1.06 bits per heavy atom. The minimum atomic E-state index is -3.91. The fourth-order valence-corrected chi connectivity index (χ4v) is 5.43. The van der Waals surface area contributed by atoms with E-state index in [2.05, 4.69) is 4.98 Å². The zero-order chi connectivity index (χ0) is 22.8. The lowest BCUT2D eigenvalue weighted by molar-refractivity contribution is -0.116. The summed E-state index contributed by atoms with van der Waals surface area (Å²) in [7, 11) is -0.0281. The van der Waals surface area contributed by atoms with Crippen LogP contribution in [0.25, 0.3) is 10.2 Å². The number of aromatic nitrogens is 1. The number of anilines is 1. The second-order valence-corrected chi connectivity index (χ2v) is 10.8. The van der Waals surface area contributed by atoms with Crippen molar-refractivity contribution in [3.8, 4) is 0 Å². The van der Waals surface area contributed by atoms with Gasteiger partial charge in [0.2, 0.25) is 5.91 Å². The lowest BCUT2D eigenvalue weighted by Crippen LogP contribution is -2.37. The normalized spacial score (nSPS) is 11.6. The van der Waals surface area contributed by atoms with Gasteiger partial charge in [0, 0.05) is 6.54 Å². The van der Waals surface area contributed by atoms with Crippen molar-refractivity contribution in [2.45, 2.75) is 25.2 Å². The Bertz CT molecular complexity index is 1200. The second-order valence-electron chi connectivity index (χ2n) is 7.77. The largest absolute Gasteiger partial charge is 0.309 e. The number of sulfone groups is 1. The van der Waals surface area contributed by atoms with Crippen LogP contribution in [0.3, 0.4) is 0 Å². The smallest absolute Gasteiger partial charge is 0.244 e. The number of carbonyl (C=O) groups excluding carboxylic acids is 1. The first-order chi connectivity index (χ1) is 14.6. The monoisotopic (exact) mass is 499 g/mol. The van der Waals surface area contributed by atoms with Crippen molar-refractivity contribution in [1.82, 2.24) is 9.88 Å². The molecule has 1 heterocycles. The summed E-state index contributed by atoms with van der Waals surface area (Å²) < 4.78 is 39.6. The highest BCUT2D eigenvalue weighted by atomic mass is 35.5. The van der Waals surface area contributed by atoms with Gasteiger partial charge in [-0.15, -0.1) is 12.4 Å². The van der Waals surface area contributed by atoms with Gasteiger partial charge in [-0.25, -0.2) is 17.8 Å². The third-order valence-electron chi connectivity index (χ3n) is 5.08. The second kappa shape index (κ2) is 10.7. The van der Waals surface area contributed by atoms with Crippen LogP contribution in [0.15, 0.2) is 41.3 Å². The Balaban J connectivity index is 0.00000363. The molecule has 10 heteroatoms. The molecule has 2 aromatic carbocycles. The average molecular weight is 500 g/mol. The first-order valence-electron chi connectivity index (χ1n) is 9.88. The van der Waals surface area contributed by atoms with Gasteiger partial charge in [-0.1, -0.05) is 17.4 Å². The SMILES string of the molecule is Cc1ccc2sc(N(CCCN(C)C)C(=O)CS(=O)(=O)c3ccc(F)cc3)nc2c1C.Cl. The maximum Gasteiger partial charge on any atom is 0.244 e. The van der Waals surface area contributed by atoms with Crippen LogP contribution in [0.5, 0.6) is 0 Å². The number of hydrogen-bond acceptors (Lipinski definition) is 6.